The predicted octanol–water partition coefficient (Wildman–Crippen LogP) is 3.77. The molecule has 0 aromatic heterocycles. The molecule has 2 nitrogen and oxygen atoms in total. The summed E-state index contributed by atoms with van der Waals surface area (Å²) in [7, 11) is 0. The van der Waals surface area contributed by atoms with Crippen molar-refractivity contribution in [3.8, 4) is 0 Å². The largest absolute Gasteiger partial charge is 0.298 e. The van der Waals surface area contributed by atoms with Gasteiger partial charge in [-0.15, -0.1) is 0 Å². The van der Waals surface area contributed by atoms with Gasteiger partial charge >= 0.3 is 0 Å². The number of hydrogen-bond acceptors (Lipinski definition) is 2. The minimum absolute atomic E-state index is 0.620. The summed E-state index contributed by atoms with van der Waals surface area (Å²) in [6, 6.07) is 7.60. The van der Waals surface area contributed by atoms with Crippen molar-refractivity contribution in [2.45, 2.75) is 38.4 Å². The lowest BCUT2D eigenvalue weighted by Gasteiger charge is -2.42. The monoisotopic (exact) mass is 342 g/mol. The zero-order valence-electron chi connectivity index (χ0n) is 11.3. The van der Waals surface area contributed by atoms with Crippen LogP contribution in [0.2, 0.25) is 5.02 Å². The first-order valence-electron chi connectivity index (χ1n) is 7.05. The van der Waals surface area contributed by atoms with Crippen LogP contribution in [0, 0.1) is 0 Å². The van der Waals surface area contributed by atoms with Gasteiger partial charge in [0.2, 0.25) is 0 Å². The van der Waals surface area contributed by atoms with E-state index in [0.717, 1.165) is 22.1 Å². The molecule has 1 aromatic rings. The number of nitrogens with zero attached hydrogens (tertiary/aromatic N) is 2. The minimum atomic E-state index is 0.620. The van der Waals surface area contributed by atoms with Crippen molar-refractivity contribution in [2.24, 2.45) is 0 Å². The molecule has 104 valence electrons. The van der Waals surface area contributed by atoms with Crippen LogP contribution in [-0.4, -0.2) is 41.5 Å². The number of benzene rings is 1. The average Bonchev–Trinajstić information content (AvgIpc) is 2.80. The second-order valence-corrected chi connectivity index (χ2v) is 7.13. The maximum absolute atomic E-state index is 6.34. The Morgan fingerprint density at radius 2 is 2.21 bits per heavy atom. The summed E-state index contributed by atoms with van der Waals surface area (Å²) in [6.45, 7) is 6.99. The lowest BCUT2D eigenvalue weighted by molar-refractivity contribution is 0.0540. The van der Waals surface area contributed by atoms with E-state index < -0.39 is 0 Å². The Kier molecular flexibility index (Phi) is 4.18. The maximum atomic E-state index is 6.34. The van der Waals surface area contributed by atoms with Gasteiger partial charge in [0.05, 0.1) is 0 Å². The molecule has 4 heteroatoms. The van der Waals surface area contributed by atoms with Gasteiger partial charge in [0.25, 0.3) is 0 Å². The van der Waals surface area contributed by atoms with Crippen molar-refractivity contribution < 1.29 is 0 Å². The van der Waals surface area contributed by atoms with E-state index in [2.05, 4.69) is 44.8 Å². The van der Waals surface area contributed by atoms with E-state index in [0.29, 0.717) is 6.04 Å². The topological polar surface area (TPSA) is 6.48 Å². The third-order valence-electron chi connectivity index (χ3n) is 4.45. The lowest BCUT2D eigenvalue weighted by atomic mass is 10.1. The number of fused-ring (bicyclic) bond motifs is 1. The minimum Gasteiger partial charge on any atom is -0.298 e. The van der Waals surface area contributed by atoms with Crippen molar-refractivity contribution in [1.82, 2.24) is 9.80 Å². The quantitative estimate of drug-likeness (QED) is 0.806. The van der Waals surface area contributed by atoms with Gasteiger partial charge in [-0.1, -0.05) is 33.6 Å². The molecule has 2 saturated heterocycles. The summed E-state index contributed by atoms with van der Waals surface area (Å²) in [5.41, 5.74) is 1.24. The first-order valence-corrected chi connectivity index (χ1v) is 8.22. The molecule has 0 saturated carbocycles. The highest BCUT2D eigenvalue weighted by Gasteiger charge is 2.34. The van der Waals surface area contributed by atoms with Crippen LogP contribution in [0.25, 0.3) is 0 Å². The molecule has 0 spiro atoms. The van der Waals surface area contributed by atoms with Gasteiger partial charge in [0.15, 0.2) is 0 Å². The van der Waals surface area contributed by atoms with Gasteiger partial charge in [0.1, 0.15) is 0 Å². The Morgan fingerprint density at radius 1 is 1.37 bits per heavy atom. The Morgan fingerprint density at radius 3 is 3.00 bits per heavy atom. The van der Waals surface area contributed by atoms with E-state index in [1.54, 1.807) is 0 Å². The van der Waals surface area contributed by atoms with Crippen molar-refractivity contribution in [1.29, 1.82) is 0 Å². The third kappa shape index (κ3) is 2.99. The number of rotatable bonds is 2. The molecule has 3 rings (SSSR count). The van der Waals surface area contributed by atoms with Gasteiger partial charge in [-0.05, 0) is 44.0 Å². The number of hydrogen-bond donors (Lipinski definition) is 0. The van der Waals surface area contributed by atoms with Crippen molar-refractivity contribution in [3.63, 3.8) is 0 Å². The number of piperazine rings is 1. The summed E-state index contributed by atoms with van der Waals surface area (Å²) in [4.78, 5) is 5.24. The lowest BCUT2D eigenvalue weighted by Crippen LogP contribution is -2.54. The van der Waals surface area contributed by atoms with Gasteiger partial charge in [-0.3, -0.25) is 9.80 Å². The SMILES string of the molecule is CC1CN2CCCC2CN1Cc1ccc(Br)cc1Cl. The first-order chi connectivity index (χ1) is 9.13. The van der Waals surface area contributed by atoms with E-state index in [1.165, 1.54) is 38.0 Å². The van der Waals surface area contributed by atoms with Crippen LogP contribution in [-0.2, 0) is 6.54 Å². The highest BCUT2D eigenvalue weighted by molar-refractivity contribution is 9.10. The summed E-state index contributed by atoms with van der Waals surface area (Å²) >= 11 is 9.81. The molecule has 2 heterocycles. The van der Waals surface area contributed by atoms with Crippen molar-refractivity contribution in [3.05, 3.63) is 33.3 Å². The molecule has 0 amide bonds. The van der Waals surface area contributed by atoms with Crippen LogP contribution in [0.4, 0.5) is 0 Å². The molecule has 2 atom stereocenters. The molecule has 2 unspecified atom stereocenters. The van der Waals surface area contributed by atoms with Crippen molar-refractivity contribution >= 4 is 27.5 Å². The Bertz CT molecular complexity index is 465. The van der Waals surface area contributed by atoms with Crippen LogP contribution < -0.4 is 0 Å². The average molecular weight is 344 g/mol. The Labute approximate surface area is 128 Å². The third-order valence-corrected chi connectivity index (χ3v) is 5.30. The van der Waals surface area contributed by atoms with Gasteiger partial charge in [-0.25, -0.2) is 0 Å². The van der Waals surface area contributed by atoms with E-state index in [1.807, 2.05) is 6.07 Å². The first kappa shape index (κ1) is 13.9. The summed E-state index contributed by atoms with van der Waals surface area (Å²) in [5.74, 6) is 0. The normalized spacial score (nSPS) is 28.6. The summed E-state index contributed by atoms with van der Waals surface area (Å²) < 4.78 is 1.05. The molecular weight excluding hydrogens is 324 g/mol. The fourth-order valence-electron chi connectivity index (χ4n) is 3.34. The molecule has 2 aliphatic rings. The van der Waals surface area contributed by atoms with E-state index in [-0.39, 0.29) is 0 Å². The molecule has 19 heavy (non-hydrogen) atoms. The Hall–Kier alpha value is -0.0900. The second kappa shape index (κ2) is 5.72. The standard InChI is InChI=1S/C15H20BrClN2/c1-11-8-18-6-2-3-14(18)10-19(11)9-12-4-5-13(16)7-15(12)17/h4-5,7,11,14H,2-3,6,8-10H2,1H3. The Balaban J connectivity index is 1.71. The second-order valence-electron chi connectivity index (χ2n) is 5.81. The summed E-state index contributed by atoms with van der Waals surface area (Å²) in [6.07, 6.45) is 2.72. The zero-order valence-corrected chi connectivity index (χ0v) is 13.6. The molecule has 0 aliphatic carbocycles. The molecule has 0 radical (unpaired) electrons. The predicted molar refractivity (Wildman–Crippen MR) is 83.6 cm³/mol. The van der Waals surface area contributed by atoms with Crippen LogP contribution in [0.1, 0.15) is 25.3 Å². The smallest absolute Gasteiger partial charge is 0.0462 e. The van der Waals surface area contributed by atoms with Gasteiger partial charge in [0, 0.05) is 41.2 Å². The van der Waals surface area contributed by atoms with Gasteiger partial charge < -0.3 is 0 Å². The maximum Gasteiger partial charge on any atom is 0.0462 e. The molecule has 1 aromatic carbocycles. The van der Waals surface area contributed by atoms with Crippen LogP contribution in [0.15, 0.2) is 22.7 Å². The molecule has 0 N–H and O–H groups in total. The zero-order chi connectivity index (χ0) is 13.4. The van der Waals surface area contributed by atoms with E-state index in [4.69, 9.17) is 11.6 Å². The molecular formula is C15H20BrClN2. The highest BCUT2D eigenvalue weighted by atomic mass is 79.9. The van der Waals surface area contributed by atoms with Crippen LogP contribution >= 0.6 is 27.5 Å². The van der Waals surface area contributed by atoms with Crippen LogP contribution in [0.3, 0.4) is 0 Å². The fourth-order valence-corrected chi connectivity index (χ4v) is 4.07. The summed E-state index contributed by atoms with van der Waals surface area (Å²) in [5, 5.41) is 0.871. The van der Waals surface area contributed by atoms with Crippen molar-refractivity contribution in [2.75, 3.05) is 19.6 Å². The van der Waals surface area contributed by atoms with E-state index in [9.17, 15) is 0 Å². The molecule has 2 fully saturated rings. The number of halogens is 2. The van der Waals surface area contributed by atoms with E-state index >= 15 is 0 Å². The van der Waals surface area contributed by atoms with Gasteiger partial charge in [-0.2, -0.15) is 0 Å². The fraction of sp³-hybridized carbons (Fsp3) is 0.600. The highest BCUT2D eigenvalue weighted by Crippen LogP contribution is 2.28. The molecule has 0 bridgehead atoms. The van der Waals surface area contributed by atoms with Crippen LogP contribution in [0.5, 0.6) is 0 Å². The molecule has 2 aliphatic heterocycles.